The van der Waals surface area contributed by atoms with Gasteiger partial charge in [-0.15, -0.1) is 0 Å². The van der Waals surface area contributed by atoms with Gasteiger partial charge in [0.15, 0.2) is 12.0 Å². The third-order valence-corrected chi connectivity index (χ3v) is 2.67. The number of nitrogens with zero attached hydrogens (tertiary/aromatic N) is 2. The quantitative estimate of drug-likeness (QED) is 0.791. The first kappa shape index (κ1) is 12.6. The maximum atomic E-state index is 10.9. The molecule has 0 fully saturated rings. The number of hydrogen-bond acceptors (Lipinski definition) is 3. The second-order valence-electron chi connectivity index (χ2n) is 4.15. The number of aldehydes is 1. The Morgan fingerprint density at radius 1 is 1.44 bits per heavy atom. The second kappa shape index (κ2) is 5.23. The zero-order valence-corrected chi connectivity index (χ0v) is 10.9. The molecule has 2 aromatic rings. The molecule has 0 saturated heterocycles. The van der Waals surface area contributed by atoms with E-state index in [1.54, 1.807) is 35.3 Å². The molecule has 18 heavy (non-hydrogen) atoms. The van der Waals surface area contributed by atoms with Crippen LogP contribution in [0, 0.1) is 0 Å². The standard InChI is InChI=1S/C13H13ClN2O2/c1-9(2)16-7-12(6-15-16)18-13-4-3-11(14)5-10(13)8-17/h3-9H,1-2H3. The minimum Gasteiger partial charge on any atom is -0.453 e. The number of hydrogen-bond donors (Lipinski definition) is 0. The Bertz CT molecular complexity index is 564. The molecule has 0 bridgehead atoms. The largest absolute Gasteiger partial charge is 0.453 e. The highest BCUT2D eigenvalue weighted by Crippen LogP contribution is 2.26. The van der Waals surface area contributed by atoms with Crippen molar-refractivity contribution in [3.05, 3.63) is 41.2 Å². The number of aromatic nitrogens is 2. The van der Waals surface area contributed by atoms with Gasteiger partial charge in [-0.05, 0) is 32.0 Å². The van der Waals surface area contributed by atoms with Gasteiger partial charge in [0.05, 0.1) is 18.0 Å². The van der Waals surface area contributed by atoms with E-state index in [0.29, 0.717) is 28.4 Å². The lowest BCUT2D eigenvalue weighted by Crippen LogP contribution is -1.99. The summed E-state index contributed by atoms with van der Waals surface area (Å²) in [7, 11) is 0. The fraction of sp³-hybridized carbons (Fsp3) is 0.231. The monoisotopic (exact) mass is 264 g/mol. The number of carbonyl (C=O) groups excluding carboxylic acids is 1. The van der Waals surface area contributed by atoms with Crippen LogP contribution in [0.5, 0.6) is 11.5 Å². The summed E-state index contributed by atoms with van der Waals surface area (Å²) < 4.78 is 7.40. The predicted octanol–water partition coefficient (Wildman–Crippen LogP) is 3.72. The van der Waals surface area contributed by atoms with E-state index in [4.69, 9.17) is 16.3 Å². The van der Waals surface area contributed by atoms with Crippen LogP contribution in [0.4, 0.5) is 0 Å². The van der Waals surface area contributed by atoms with Gasteiger partial charge in [-0.1, -0.05) is 11.6 Å². The van der Waals surface area contributed by atoms with Crippen molar-refractivity contribution in [2.24, 2.45) is 0 Å². The molecule has 5 heteroatoms. The summed E-state index contributed by atoms with van der Waals surface area (Å²) in [4.78, 5) is 10.9. The molecule has 0 unspecified atom stereocenters. The first-order valence-electron chi connectivity index (χ1n) is 5.57. The van der Waals surface area contributed by atoms with Crippen LogP contribution in [-0.4, -0.2) is 16.1 Å². The summed E-state index contributed by atoms with van der Waals surface area (Å²) in [6.45, 7) is 4.05. The van der Waals surface area contributed by atoms with Crippen LogP contribution in [-0.2, 0) is 0 Å². The van der Waals surface area contributed by atoms with Crippen molar-refractivity contribution in [2.45, 2.75) is 19.9 Å². The fourth-order valence-corrected chi connectivity index (χ4v) is 1.67. The number of benzene rings is 1. The Kier molecular flexibility index (Phi) is 3.67. The van der Waals surface area contributed by atoms with Gasteiger partial charge in [-0.25, -0.2) is 0 Å². The zero-order valence-electron chi connectivity index (χ0n) is 10.1. The normalized spacial score (nSPS) is 10.7. The number of rotatable bonds is 4. The van der Waals surface area contributed by atoms with E-state index in [1.807, 2.05) is 13.8 Å². The molecule has 0 atom stereocenters. The Morgan fingerprint density at radius 3 is 2.83 bits per heavy atom. The summed E-state index contributed by atoms with van der Waals surface area (Å²) in [6, 6.07) is 5.17. The minimum atomic E-state index is 0.262. The third-order valence-electron chi connectivity index (χ3n) is 2.43. The number of halogens is 1. The van der Waals surface area contributed by atoms with E-state index in [9.17, 15) is 4.79 Å². The summed E-state index contributed by atoms with van der Waals surface area (Å²) in [5.41, 5.74) is 0.416. The lowest BCUT2D eigenvalue weighted by Gasteiger charge is -2.06. The van der Waals surface area contributed by atoms with Crippen molar-refractivity contribution in [1.82, 2.24) is 9.78 Å². The highest BCUT2D eigenvalue weighted by atomic mass is 35.5. The number of ether oxygens (including phenoxy) is 1. The topological polar surface area (TPSA) is 44.1 Å². The van der Waals surface area contributed by atoms with E-state index in [1.165, 1.54) is 0 Å². The van der Waals surface area contributed by atoms with Gasteiger partial charge >= 0.3 is 0 Å². The van der Waals surface area contributed by atoms with Crippen molar-refractivity contribution in [2.75, 3.05) is 0 Å². The SMILES string of the molecule is CC(C)n1cc(Oc2ccc(Cl)cc2C=O)cn1. The van der Waals surface area contributed by atoms with E-state index < -0.39 is 0 Å². The van der Waals surface area contributed by atoms with Crippen LogP contribution < -0.4 is 4.74 Å². The Morgan fingerprint density at radius 2 is 2.22 bits per heavy atom. The lowest BCUT2D eigenvalue weighted by atomic mass is 10.2. The average Bonchev–Trinajstić information content (AvgIpc) is 2.80. The molecule has 1 heterocycles. The van der Waals surface area contributed by atoms with E-state index in [-0.39, 0.29) is 6.04 Å². The minimum absolute atomic E-state index is 0.262. The summed E-state index contributed by atoms with van der Waals surface area (Å²) in [5, 5.41) is 4.66. The number of carbonyl (C=O) groups is 1. The molecular weight excluding hydrogens is 252 g/mol. The molecule has 0 N–H and O–H groups in total. The van der Waals surface area contributed by atoms with Crippen LogP contribution in [0.15, 0.2) is 30.6 Å². The van der Waals surface area contributed by atoms with Crippen molar-refractivity contribution in [3.63, 3.8) is 0 Å². The zero-order chi connectivity index (χ0) is 13.1. The highest BCUT2D eigenvalue weighted by Gasteiger charge is 2.08. The van der Waals surface area contributed by atoms with E-state index in [0.717, 1.165) is 0 Å². The van der Waals surface area contributed by atoms with Gasteiger partial charge in [0.25, 0.3) is 0 Å². The first-order chi connectivity index (χ1) is 8.60. The van der Waals surface area contributed by atoms with Crippen molar-refractivity contribution in [1.29, 1.82) is 0 Å². The van der Waals surface area contributed by atoms with Gasteiger partial charge in [0, 0.05) is 11.1 Å². The molecule has 94 valence electrons. The Hall–Kier alpha value is -1.81. The fourth-order valence-electron chi connectivity index (χ4n) is 1.49. The predicted molar refractivity (Wildman–Crippen MR) is 69.5 cm³/mol. The highest BCUT2D eigenvalue weighted by molar-refractivity contribution is 6.30. The van der Waals surface area contributed by atoms with Crippen molar-refractivity contribution < 1.29 is 9.53 Å². The Balaban J connectivity index is 2.25. The van der Waals surface area contributed by atoms with Crippen LogP contribution in [0.3, 0.4) is 0 Å². The van der Waals surface area contributed by atoms with Gasteiger partial charge in [0.2, 0.25) is 0 Å². The Labute approximate surface area is 110 Å². The molecule has 0 saturated carbocycles. The van der Waals surface area contributed by atoms with Gasteiger partial charge in [-0.2, -0.15) is 5.10 Å². The molecule has 0 radical (unpaired) electrons. The molecule has 0 amide bonds. The average molecular weight is 265 g/mol. The van der Waals surface area contributed by atoms with Crippen molar-refractivity contribution >= 4 is 17.9 Å². The molecule has 2 rings (SSSR count). The molecule has 0 aliphatic heterocycles. The van der Waals surface area contributed by atoms with Crippen LogP contribution in [0.25, 0.3) is 0 Å². The third kappa shape index (κ3) is 2.71. The summed E-state index contributed by atoms with van der Waals surface area (Å²) >= 11 is 5.81. The maximum absolute atomic E-state index is 10.9. The van der Waals surface area contributed by atoms with E-state index >= 15 is 0 Å². The van der Waals surface area contributed by atoms with Crippen LogP contribution >= 0.6 is 11.6 Å². The van der Waals surface area contributed by atoms with Crippen LogP contribution in [0.1, 0.15) is 30.2 Å². The molecular formula is C13H13ClN2O2. The van der Waals surface area contributed by atoms with Gasteiger partial charge in [-0.3, -0.25) is 9.48 Å². The molecule has 1 aromatic carbocycles. The smallest absolute Gasteiger partial charge is 0.165 e. The second-order valence-corrected chi connectivity index (χ2v) is 4.59. The lowest BCUT2D eigenvalue weighted by molar-refractivity contribution is 0.112. The van der Waals surface area contributed by atoms with Crippen molar-refractivity contribution in [3.8, 4) is 11.5 Å². The molecule has 0 aliphatic carbocycles. The van der Waals surface area contributed by atoms with Gasteiger partial charge < -0.3 is 4.74 Å². The molecule has 0 spiro atoms. The molecule has 4 nitrogen and oxygen atoms in total. The van der Waals surface area contributed by atoms with Gasteiger partial charge in [0.1, 0.15) is 5.75 Å². The van der Waals surface area contributed by atoms with Crippen LogP contribution in [0.2, 0.25) is 5.02 Å². The molecule has 0 aliphatic rings. The maximum Gasteiger partial charge on any atom is 0.165 e. The molecule has 1 aromatic heterocycles. The first-order valence-corrected chi connectivity index (χ1v) is 5.94. The summed E-state index contributed by atoms with van der Waals surface area (Å²) in [5.74, 6) is 1.06. The summed E-state index contributed by atoms with van der Waals surface area (Å²) in [6.07, 6.45) is 4.12. The van der Waals surface area contributed by atoms with E-state index in [2.05, 4.69) is 5.10 Å².